The number of hydrogen-bond donors (Lipinski definition) is 3. The van der Waals surface area contributed by atoms with Crippen LogP contribution in [0.15, 0.2) is 71.2 Å². The maximum atomic E-state index is 12.5. The highest BCUT2D eigenvalue weighted by atomic mass is 32.1. The molecule has 4 rings (SSSR count). The number of amides is 2. The van der Waals surface area contributed by atoms with Crippen molar-refractivity contribution in [3.05, 3.63) is 86.9 Å². The highest BCUT2D eigenvalue weighted by Gasteiger charge is 2.32. The number of allylic oxidation sites excluding steroid dienone is 1. The lowest BCUT2D eigenvalue weighted by Gasteiger charge is -2.24. The van der Waals surface area contributed by atoms with Crippen LogP contribution in [0, 0.1) is 0 Å². The molecule has 15 heteroatoms. The van der Waals surface area contributed by atoms with Gasteiger partial charge in [0.2, 0.25) is 5.01 Å². The first kappa shape index (κ1) is 28.6. The average molecular weight is 575 g/mol. The molecule has 0 saturated heterocycles. The first-order valence-electron chi connectivity index (χ1n) is 12.1. The van der Waals surface area contributed by atoms with Crippen molar-refractivity contribution in [1.82, 2.24) is 41.4 Å². The number of halogens is 3. The van der Waals surface area contributed by atoms with Crippen molar-refractivity contribution in [3.8, 4) is 0 Å². The summed E-state index contributed by atoms with van der Waals surface area (Å²) < 4.78 is 41.1. The first-order valence-corrected chi connectivity index (χ1v) is 12.9. The van der Waals surface area contributed by atoms with Gasteiger partial charge in [-0.1, -0.05) is 28.9 Å². The van der Waals surface area contributed by atoms with Gasteiger partial charge in [-0.15, -0.1) is 28.5 Å². The molecule has 2 aromatic rings. The minimum Gasteiger partial charge on any atom is -0.405 e. The third-order valence-corrected chi connectivity index (χ3v) is 6.45. The van der Waals surface area contributed by atoms with Gasteiger partial charge in [-0.25, -0.2) is 0 Å². The Morgan fingerprint density at radius 2 is 1.98 bits per heavy atom. The number of aryl methyl sites for hydroxylation is 1. The van der Waals surface area contributed by atoms with Gasteiger partial charge >= 0.3 is 6.36 Å². The van der Waals surface area contributed by atoms with E-state index < -0.39 is 18.0 Å². The van der Waals surface area contributed by atoms with E-state index in [2.05, 4.69) is 47.4 Å². The maximum absolute atomic E-state index is 12.5. The van der Waals surface area contributed by atoms with E-state index in [4.69, 9.17) is 0 Å². The fraction of sp³-hybridized carbons (Fsp3) is 0.320. The molecule has 210 valence electrons. The fourth-order valence-corrected chi connectivity index (χ4v) is 4.38. The molecule has 0 unspecified atom stereocenters. The van der Waals surface area contributed by atoms with Crippen molar-refractivity contribution in [2.45, 2.75) is 32.2 Å². The summed E-state index contributed by atoms with van der Waals surface area (Å²) in [5.41, 5.74) is 9.32. The topological polar surface area (TPSA) is 125 Å². The molecule has 0 radical (unpaired) electrons. The molecule has 40 heavy (non-hydrogen) atoms. The second kappa shape index (κ2) is 13.1. The van der Waals surface area contributed by atoms with Crippen LogP contribution in [0.25, 0.3) is 0 Å². The van der Waals surface area contributed by atoms with Crippen molar-refractivity contribution in [3.63, 3.8) is 0 Å². The van der Waals surface area contributed by atoms with Crippen molar-refractivity contribution in [2.24, 2.45) is 0 Å². The van der Waals surface area contributed by atoms with Gasteiger partial charge in [0.25, 0.3) is 11.8 Å². The Balaban J connectivity index is 1.17. The summed E-state index contributed by atoms with van der Waals surface area (Å²) in [6, 6.07) is 5.47. The largest absolute Gasteiger partial charge is 0.573 e. The third-order valence-electron chi connectivity index (χ3n) is 5.47. The highest BCUT2D eigenvalue weighted by Crippen LogP contribution is 2.23. The Hall–Kier alpha value is -4.42. The Kier molecular flexibility index (Phi) is 9.35. The summed E-state index contributed by atoms with van der Waals surface area (Å²) in [5.74, 6) is -1.17. The molecular weight excluding hydrogens is 549 g/mol. The van der Waals surface area contributed by atoms with Gasteiger partial charge in [-0.3, -0.25) is 25.0 Å². The van der Waals surface area contributed by atoms with Crippen LogP contribution in [0.2, 0.25) is 0 Å². The van der Waals surface area contributed by atoms with Gasteiger partial charge in [-0.05, 0) is 31.1 Å². The lowest BCUT2D eigenvalue weighted by molar-refractivity contribution is -0.303. The zero-order chi connectivity index (χ0) is 28.5. The third kappa shape index (κ3) is 8.55. The van der Waals surface area contributed by atoms with E-state index in [0.717, 1.165) is 35.7 Å². The molecule has 0 bridgehead atoms. The van der Waals surface area contributed by atoms with E-state index in [-0.39, 0.29) is 23.7 Å². The lowest BCUT2D eigenvalue weighted by Crippen LogP contribution is -2.41. The van der Waals surface area contributed by atoms with Gasteiger partial charge < -0.3 is 15.4 Å². The zero-order valence-electron chi connectivity index (χ0n) is 21.3. The summed E-state index contributed by atoms with van der Waals surface area (Å²) in [6.07, 6.45) is 2.84. The van der Waals surface area contributed by atoms with Crippen LogP contribution in [0.4, 0.5) is 13.2 Å². The minimum absolute atomic E-state index is 0.0574. The predicted molar refractivity (Wildman–Crippen MR) is 137 cm³/mol. The molecule has 2 amide bonds. The van der Waals surface area contributed by atoms with Crippen LogP contribution in [-0.2, 0) is 22.5 Å². The summed E-state index contributed by atoms with van der Waals surface area (Å²) in [5, 5.41) is 18.0. The smallest absolute Gasteiger partial charge is 0.405 e. The number of alkyl halides is 3. The lowest BCUT2D eigenvalue weighted by atomic mass is 10.2. The van der Waals surface area contributed by atoms with Crippen LogP contribution in [0.5, 0.6) is 0 Å². The van der Waals surface area contributed by atoms with Crippen LogP contribution in [-0.4, -0.2) is 63.6 Å². The van der Waals surface area contributed by atoms with Crippen molar-refractivity contribution >= 4 is 23.2 Å². The van der Waals surface area contributed by atoms with Crippen LogP contribution in [0.3, 0.4) is 0 Å². The van der Waals surface area contributed by atoms with Gasteiger partial charge in [0, 0.05) is 44.1 Å². The molecule has 2 aliphatic rings. The number of aromatic nitrogens is 3. The standard InChI is InChI=1S/C25H25F3N8O3S/c1-35-34-20(22(37)30-14-17-7-6-9-19(13-17)39-25(26,27)28)16-36(35)12-5-3-10-21-32-33-24(40-21)23(38)31-15-18-8-2-4-11-29-18/h2,4,8-9,11,13,16,34H,3,5,10,12,14-15H2,1H3,(H,30,37)(H,31,38). The van der Waals surface area contributed by atoms with Crippen LogP contribution in [0.1, 0.15) is 33.3 Å². The normalized spacial score (nSPS) is 14.8. The summed E-state index contributed by atoms with van der Waals surface area (Å²) >= 11 is 1.25. The molecule has 11 nitrogen and oxygen atoms in total. The Morgan fingerprint density at radius 1 is 1.15 bits per heavy atom. The molecule has 1 aliphatic carbocycles. The number of carbonyl (C=O) groups is 2. The van der Waals surface area contributed by atoms with Crippen molar-refractivity contribution in [2.75, 3.05) is 20.1 Å². The Bertz CT molecular complexity index is 1390. The molecule has 0 saturated carbocycles. The van der Waals surface area contributed by atoms with E-state index in [0.29, 0.717) is 24.5 Å². The van der Waals surface area contributed by atoms with E-state index >= 15 is 0 Å². The number of rotatable bonds is 12. The predicted octanol–water partition coefficient (Wildman–Crippen LogP) is 2.48. The molecule has 0 spiro atoms. The van der Waals surface area contributed by atoms with Crippen molar-refractivity contribution in [1.29, 1.82) is 0 Å². The van der Waals surface area contributed by atoms with Gasteiger partial charge in [0.15, 0.2) is 0 Å². The second-order valence-electron chi connectivity index (χ2n) is 8.52. The Morgan fingerprint density at radius 3 is 2.75 bits per heavy atom. The van der Waals surface area contributed by atoms with E-state index in [1.54, 1.807) is 30.6 Å². The van der Waals surface area contributed by atoms with Gasteiger partial charge in [0.05, 0.1) is 18.8 Å². The monoisotopic (exact) mass is 574 g/mol. The number of hydrazine groups is 2. The van der Waals surface area contributed by atoms with Crippen LogP contribution >= 0.6 is 11.3 Å². The molecule has 3 N–H and O–H groups in total. The molecule has 0 atom stereocenters. The molecule has 0 aromatic carbocycles. The number of nitrogens with zero attached hydrogens (tertiary/aromatic N) is 5. The SMILES string of the molecule is CN1NC(C(=O)NCC2=C=C=CC(OC(F)(F)F)=C2)=CN1CCCCc1nnc(C(=O)NCc2ccccn2)s1. The molecular formula is C25H25F3N8O3S. The number of nitrogens with one attached hydrogen (secondary N) is 3. The molecule has 3 heterocycles. The summed E-state index contributed by atoms with van der Waals surface area (Å²) in [7, 11) is 1.75. The van der Waals surface area contributed by atoms with E-state index in [1.807, 2.05) is 17.1 Å². The molecule has 2 aromatic heterocycles. The highest BCUT2D eigenvalue weighted by molar-refractivity contribution is 7.13. The number of carbonyl (C=O) groups excluding carboxylic acids is 2. The first-order chi connectivity index (χ1) is 19.2. The molecule has 0 fully saturated rings. The Labute approximate surface area is 231 Å². The number of pyridine rings is 1. The van der Waals surface area contributed by atoms with Crippen LogP contribution < -0.4 is 16.1 Å². The number of unbranched alkanes of at least 4 members (excludes halogenated alkanes) is 1. The number of hydrogen-bond acceptors (Lipinski definition) is 10. The molecule has 1 aliphatic heterocycles. The zero-order valence-corrected chi connectivity index (χ0v) is 22.1. The van der Waals surface area contributed by atoms with E-state index in [9.17, 15) is 22.8 Å². The maximum Gasteiger partial charge on any atom is 0.573 e. The van der Waals surface area contributed by atoms with Crippen molar-refractivity contribution < 1.29 is 27.5 Å². The average Bonchev–Trinajstić information content (AvgIpc) is 3.55. The summed E-state index contributed by atoms with van der Waals surface area (Å²) in [4.78, 5) is 29.0. The quantitative estimate of drug-likeness (QED) is 0.259. The van der Waals surface area contributed by atoms with E-state index in [1.165, 1.54) is 11.3 Å². The minimum atomic E-state index is -4.82. The second-order valence-corrected chi connectivity index (χ2v) is 9.58. The van der Waals surface area contributed by atoms with Gasteiger partial charge in [0.1, 0.15) is 16.5 Å². The summed E-state index contributed by atoms with van der Waals surface area (Å²) in [6.45, 7) is 0.856. The fourth-order valence-electron chi connectivity index (χ4n) is 3.58. The van der Waals surface area contributed by atoms with Gasteiger partial charge in [-0.2, -0.15) is 0 Å². The number of ether oxygens (including phenoxy) is 1.